The summed E-state index contributed by atoms with van der Waals surface area (Å²) >= 11 is 0. The van der Waals surface area contributed by atoms with E-state index in [2.05, 4.69) is 0 Å². The van der Waals surface area contributed by atoms with Crippen LogP contribution in [-0.4, -0.2) is 10.7 Å². The second kappa shape index (κ2) is 7.15. The summed E-state index contributed by atoms with van der Waals surface area (Å²) in [6.45, 7) is 7.89. The van der Waals surface area contributed by atoms with Gasteiger partial charge in [0.2, 0.25) is 0 Å². The number of ether oxygens (including phenoxy) is 1. The largest absolute Gasteiger partial charge is 0.491 e. The van der Waals surface area contributed by atoms with E-state index in [1.807, 2.05) is 64.1 Å². The van der Waals surface area contributed by atoms with Crippen LogP contribution in [0.15, 0.2) is 41.2 Å². The van der Waals surface area contributed by atoms with Gasteiger partial charge >= 0.3 is 0 Å². The highest BCUT2D eigenvalue weighted by Gasteiger charge is 2.13. The average Bonchev–Trinajstić information content (AvgIpc) is 2.48. The SMILES string of the molecule is CC(C)Oc1cccc(-c2ccc(CC#N)c(=O)n2C(C)C)c1. The van der Waals surface area contributed by atoms with Gasteiger partial charge in [0.1, 0.15) is 5.75 Å². The van der Waals surface area contributed by atoms with Crippen molar-refractivity contribution in [2.45, 2.75) is 46.3 Å². The maximum absolute atomic E-state index is 12.6. The van der Waals surface area contributed by atoms with Gasteiger partial charge in [-0.25, -0.2) is 0 Å². The van der Waals surface area contributed by atoms with Crippen molar-refractivity contribution in [3.63, 3.8) is 0 Å². The first kappa shape index (κ1) is 16.8. The van der Waals surface area contributed by atoms with Crippen LogP contribution in [0.1, 0.15) is 39.3 Å². The van der Waals surface area contributed by atoms with E-state index in [1.54, 1.807) is 10.6 Å². The highest BCUT2D eigenvalue weighted by atomic mass is 16.5. The van der Waals surface area contributed by atoms with Crippen LogP contribution in [-0.2, 0) is 6.42 Å². The van der Waals surface area contributed by atoms with Gasteiger partial charge in [-0.1, -0.05) is 18.2 Å². The Bertz CT molecular complexity index is 783. The van der Waals surface area contributed by atoms with Gasteiger partial charge in [-0.2, -0.15) is 5.26 Å². The quantitative estimate of drug-likeness (QED) is 0.840. The third-order valence-electron chi connectivity index (χ3n) is 3.48. The van der Waals surface area contributed by atoms with E-state index >= 15 is 0 Å². The molecule has 0 aliphatic rings. The second-order valence-electron chi connectivity index (χ2n) is 6.04. The number of hydrogen-bond acceptors (Lipinski definition) is 3. The third kappa shape index (κ3) is 3.81. The molecule has 0 unspecified atom stereocenters. The van der Waals surface area contributed by atoms with Gasteiger partial charge in [0.15, 0.2) is 0 Å². The highest BCUT2D eigenvalue weighted by Crippen LogP contribution is 2.26. The van der Waals surface area contributed by atoms with Crippen molar-refractivity contribution >= 4 is 0 Å². The number of hydrogen-bond donors (Lipinski definition) is 0. The Kier molecular flexibility index (Phi) is 5.23. The van der Waals surface area contributed by atoms with Crippen LogP contribution in [0.4, 0.5) is 0 Å². The molecule has 0 saturated carbocycles. The summed E-state index contributed by atoms with van der Waals surface area (Å²) in [5, 5.41) is 8.87. The summed E-state index contributed by atoms with van der Waals surface area (Å²) in [6.07, 6.45) is 0.220. The molecular formula is C19H22N2O2. The normalized spacial score (nSPS) is 10.8. The molecule has 0 bridgehead atoms. The zero-order valence-corrected chi connectivity index (χ0v) is 14.0. The second-order valence-corrected chi connectivity index (χ2v) is 6.04. The molecule has 2 aromatic rings. The maximum atomic E-state index is 12.6. The van der Waals surface area contributed by atoms with Gasteiger partial charge in [-0.05, 0) is 45.9 Å². The van der Waals surface area contributed by atoms with E-state index in [4.69, 9.17) is 10.00 Å². The predicted molar refractivity (Wildman–Crippen MR) is 91.6 cm³/mol. The molecule has 0 aliphatic heterocycles. The van der Waals surface area contributed by atoms with Gasteiger partial charge < -0.3 is 9.30 Å². The molecule has 2 rings (SSSR count). The van der Waals surface area contributed by atoms with Crippen molar-refractivity contribution in [3.8, 4) is 23.1 Å². The molecule has 0 atom stereocenters. The molecule has 4 nitrogen and oxygen atoms in total. The molecule has 0 aliphatic carbocycles. The third-order valence-corrected chi connectivity index (χ3v) is 3.48. The summed E-state index contributed by atoms with van der Waals surface area (Å²) in [4.78, 5) is 12.6. The fraction of sp³-hybridized carbons (Fsp3) is 0.368. The lowest BCUT2D eigenvalue weighted by Crippen LogP contribution is -2.26. The van der Waals surface area contributed by atoms with E-state index in [1.165, 1.54) is 0 Å². The summed E-state index contributed by atoms with van der Waals surface area (Å²) in [7, 11) is 0. The first-order valence-electron chi connectivity index (χ1n) is 7.82. The number of rotatable bonds is 5. The maximum Gasteiger partial charge on any atom is 0.255 e. The minimum atomic E-state index is -0.103. The Labute approximate surface area is 137 Å². The summed E-state index contributed by atoms with van der Waals surface area (Å²) in [5.74, 6) is 0.779. The first-order chi connectivity index (χ1) is 10.9. The molecule has 0 spiro atoms. The molecule has 1 aromatic carbocycles. The summed E-state index contributed by atoms with van der Waals surface area (Å²) < 4.78 is 7.48. The lowest BCUT2D eigenvalue weighted by atomic mass is 10.1. The molecule has 1 heterocycles. The van der Waals surface area contributed by atoms with Crippen LogP contribution in [0.2, 0.25) is 0 Å². The van der Waals surface area contributed by atoms with E-state index in [9.17, 15) is 4.79 Å². The Hall–Kier alpha value is -2.54. The van der Waals surface area contributed by atoms with Crippen LogP contribution >= 0.6 is 0 Å². The monoisotopic (exact) mass is 310 g/mol. The van der Waals surface area contributed by atoms with Crippen LogP contribution in [0.5, 0.6) is 5.75 Å². The van der Waals surface area contributed by atoms with E-state index in [0.717, 1.165) is 17.0 Å². The number of pyridine rings is 1. The predicted octanol–water partition coefficient (Wildman–Crippen LogP) is 3.95. The van der Waals surface area contributed by atoms with Crippen molar-refractivity contribution in [1.29, 1.82) is 5.26 Å². The Morgan fingerprint density at radius 2 is 1.91 bits per heavy atom. The molecule has 0 saturated heterocycles. The fourth-order valence-electron chi connectivity index (χ4n) is 2.56. The number of benzene rings is 1. The Morgan fingerprint density at radius 3 is 2.52 bits per heavy atom. The van der Waals surface area contributed by atoms with Gasteiger partial charge in [0.05, 0.1) is 24.3 Å². The lowest BCUT2D eigenvalue weighted by Gasteiger charge is -2.18. The van der Waals surface area contributed by atoms with Crippen LogP contribution in [0.3, 0.4) is 0 Å². The van der Waals surface area contributed by atoms with Crippen molar-refractivity contribution in [2.24, 2.45) is 0 Å². The topological polar surface area (TPSA) is 55.0 Å². The van der Waals surface area contributed by atoms with E-state index in [0.29, 0.717) is 5.56 Å². The molecule has 4 heteroatoms. The van der Waals surface area contributed by atoms with Gasteiger partial charge in [0.25, 0.3) is 5.56 Å². The van der Waals surface area contributed by atoms with Crippen molar-refractivity contribution < 1.29 is 4.74 Å². The molecule has 0 fully saturated rings. The Morgan fingerprint density at radius 1 is 1.17 bits per heavy atom. The minimum absolute atomic E-state index is 0.00539. The van der Waals surface area contributed by atoms with Crippen LogP contribution in [0, 0.1) is 11.3 Å². The van der Waals surface area contributed by atoms with E-state index in [-0.39, 0.29) is 24.1 Å². The standard InChI is InChI=1S/C19H22N2O2/c1-13(2)21-18(9-8-15(10-11-20)19(21)22)16-6-5-7-17(12-16)23-14(3)4/h5-9,12-14H,10H2,1-4H3. The zero-order chi connectivity index (χ0) is 17.0. The van der Waals surface area contributed by atoms with Gasteiger partial charge in [-0.3, -0.25) is 4.79 Å². The molecular weight excluding hydrogens is 288 g/mol. The van der Waals surface area contributed by atoms with Gasteiger partial charge in [0, 0.05) is 17.2 Å². The molecule has 0 N–H and O–H groups in total. The summed E-state index contributed by atoms with van der Waals surface area (Å²) in [5.41, 5.74) is 2.19. The van der Waals surface area contributed by atoms with Crippen LogP contribution < -0.4 is 10.3 Å². The molecule has 0 radical (unpaired) electrons. The smallest absolute Gasteiger partial charge is 0.255 e. The van der Waals surface area contributed by atoms with Crippen molar-refractivity contribution in [1.82, 2.24) is 4.57 Å². The van der Waals surface area contributed by atoms with Crippen LogP contribution in [0.25, 0.3) is 11.3 Å². The average molecular weight is 310 g/mol. The number of aromatic nitrogens is 1. The molecule has 1 aromatic heterocycles. The lowest BCUT2D eigenvalue weighted by molar-refractivity contribution is 0.242. The van der Waals surface area contributed by atoms with Crippen molar-refractivity contribution in [2.75, 3.05) is 0 Å². The van der Waals surface area contributed by atoms with E-state index < -0.39 is 0 Å². The fourth-order valence-corrected chi connectivity index (χ4v) is 2.56. The highest BCUT2D eigenvalue weighted by molar-refractivity contribution is 5.62. The first-order valence-corrected chi connectivity index (χ1v) is 7.82. The minimum Gasteiger partial charge on any atom is -0.491 e. The molecule has 120 valence electrons. The number of nitrogens with zero attached hydrogens (tertiary/aromatic N) is 2. The Balaban J connectivity index is 2.58. The van der Waals surface area contributed by atoms with Gasteiger partial charge in [-0.15, -0.1) is 0 Å². The molecule has 23 heavy (non-hydrogen) atoms. The van der Waals surface area contributed by atoms with Crippen molar-refractivity contribution in [3.05, 3.63) is 52.3 Å². The molecule has 0 amide bonds. The zero-order valence-electron chi connectivity index (χ0n) is 14.0. The number of nitriles is 1. The summed E-state index contributed by atoms with van der Waals surface area (Å²) in [6, 6.07) is 13.4.